The quantitative estimate of drug-likeness (QED) is 0.294. The van der Waals surface area contributed by atoms with Gasteiger partial charge >= 0.3 is 5.97 Å². The Labute approximate surface area is 175 Å². The number of anilines is 2. The monoisotopic (exact) mass is 433 g/mol. The van der Waals surface area contributed by atoms with Crippen molar-refractivity contribution in [3.05, 3.63) is 40.8 Å². The molecule has 0 saturated heterocycles. The van der Waals surface area contributed by atoms with Crippen molar-refractivity contribution in [1.82, 2.24) is 15.0 Å². The predicted molar refractivity (Wildman–Crippen MR) is 110 cm³/mol. The summed E-state index contributed by atoms with van der Waals surface area (Å²) in [6.45, 7) is 5.19. The average molecular weight is 433 g/mol. The highest BCUT2D eigenvalue weighted by Crippen LogP contribution is 2.36. The van der Waals surface area contributed by atoms with Crippen molar-refractivity contribution in [3.8, 4) is 5.75 Å². The SMILES string of the molecule is CCN(N)C(=O)C(C)Oc1cc(F)ccc1Nc1ncnc2sc(C(=O)O)c(C)c12. The minimum atomic E-state index is -1.05. The van der Waals surface area contributed by atoms with Crippen LogP contribution in [0.4, 0.5) is 15.9 Å². The van der Waals surface area contributed by atoms with Gasteiger partial charge in [-0.25, -0.2) is 25.0 Å². The highest BCUT2D eigenvalue weighted by molar-refractivity contribution is 7.20. The van der Waals surface area contributed by atoms with Crippen LogP contribution in [0.2, 0.25) is 0 Å². The van der Waals surface area contributed by atoms with Gasteiger partial charge in [0.25, 0.3) is 5.91 Å². The van der Waals surface area contributed by atoms with Gasteiger partial charge < -0.3 is 15.2 Å². The van der Waals surface area contributed by atoms with Crippen LogP contribution < -0.4 is 15.9 Å². The number of rotatable bonds is 7. The van der Waals surface area contributed by atoms with E-state index in [-0.39, 0.29) is 10.6 Å². The molecule has 0 radical (unpaired) electrons. The second-order valence-electron chi connectivity index (χ2n) is 6.41. The Bertz CT molecular complexity index is 1120. The number of carbonyl (C=O) groups is 2. The van der Waals surface area contributed by atoms with Crippen LogP contribution in [0.5, 0.6) is 5.75 Å². The van der Waals surface area contributed by atoms with E-state index in [4.69, 9.17) is 10.6 Å². The molecule has 0 fully saturated rings. The molecule has 4 N–H and O–H groups in total. The van der Waals surface area contributed by atoms with Crippen molar-refractivity contribution in [1.29, 1.82) is 0 Å². The fourth-order valence-corrected chi connectivity index (χ4v) is 3.81. The summed E-state index contributed by atoms with van der Waals surface area (Å²) in [6.07, 6.45) is 0.347. The lowest BCUT2D eigenvalue weighted by Gasteiger charge is -2.21. The number of ether oxygens (including phenoxy) is 1. The van der Waals surface area contributed by atoms with Crippen molar-refractivity contribution in [2.45, 2.75) is 26.9 Å². The highest BCUT2D eigenvalue weighted by atomic mass is 32.1. The van der Waals surface area contributed by atoms with Crippen molar-refractivity contribution >= 4 is 44.9 Å². The van der Waals surface area contributed by atoms with Crippen LogP contribution in [0, 0.1) is 12.7 Å². The Balaban J connectivity index is 1.98. The Hall–Kier alpha value is -3.31. The van der Waals surface area contributed by atoms with Gasteiger partial charge in [-0.05, 0) is 38.5 Å². The lowest BCUT2D eigenvalue weighted by molar-refractivity contribution is -0.138. The number of aryl methyl sites for hydroxylation is 1. The number of nitrogens with zero attached hydrogens (tertiary/aromatic N) is 3. The number of amides is 1. The molecular weight excluding hydrogens is 413 g/mol. The van der Waals surface area contributed by atoms with Crippen LogP contribution in [-0.2, 0) is 4.79 Å². The first-order valence-corrected chi connectivity index (χ1v) is 9.81. The molecule has 2 heterocycles. The van der Waals surface area contributed by atoms with Gasteiger partial charge in [0.2, 0.25) is 0 Å². The first kappa shape index (κ1) is 21.4. The summed E-state index contributed by atoms with van der Waals surface area (Å²) in [5.41, 5.74) is 0.860. The second kappa shape index (κ2) is 8.59. The number of carboxylic acids is 1. The fraction of sp³-hybridized carbons (Fsp3) is 0.263. The van der Waals surface area contributed by atoms with E-state index in [0.29, 0.717) is 33.8 Å². The molecule has 158 valence electrons. The van der Waals surface area contributed by atoms with Gasteiger partial charge in [-0.3, -0.25) is 9.80 Å². The molecule has 0 saturated carbocycles. The van der Waals surface area contributed by atoms with E-state index in [1.807, 2.05) is 0 Å². The van der Waals surface area contributed by atoms with Crippen LogP contribution in [-0.4, -0.2) is 44.6 Å². The largest absolute Gasteiger partial charge is 0.479 e. The Morgan fingerprint density at radius 2 is 2.13 bits per heavy atom. The summed E-state index contributed by atoms with van der Waals surface area (Å²) < 4.78 is 19.5. The zero-order valence-corrected chi connectivity index (χ0v) is 17.3. The molecule has 1 aromatic carbocycles. The van der Waals surface area contributed by atoms with Crippen LogP contribution in [0.1, 0.15) is 29.1 Å². The van der Waals surface area contributed by atoms with E-state index in [1.54, 1.807) is 13.8 Å². The molecule has 11 heteroatoms. The Kier molecular flexibility index (Phi) is 6.13. The topological polar surface area (TPSA) is 131 Å². The molecule has 9 nitrogen and oxygen atoms in total. The molecule has 30 heavy (non-hydrogen) atoms. The Morgan fingerprint density at radius 1 is 1.40 bits per heavy atom. The zero-order chi connectivity index (χ0) is 22.0. The lowest BCUT2D eigenvalue weighted by atomic mass is 10.2. The third-order valence-electron chi connectivity index (χ3n) is 4.39. The molecule has 3 aromatic rings. The summed E-state index contributed by atoms with van der Waals surface area (Å²) in [7, 11) is 0. The number of carbonyl (C=O) groups excluding carboxylic acids is 1. The summed E-state index contributed by atoms with van der Waals surface area (Å²) in [5.74, 6) is 3.97. The molecule has 0 aliphatic carbocycles. The van der Waals surface area contributed by atoms with Crippen LogP contribution in [0.25, 0.3) is 10.2 Å². The maximum Gasteiger partial charge on any atom is 0.346 e. The van der Waals surface area contributed by atoms with E-state index >= 15 is 0 Å². The Morgan fingerprint density at radius 3 is 2.80 bits per heavy atom. The van der Waals surface area contributed by atoms with E-state index < -0.39 is 23.8 Å². The minimum Gasteiger partial charge on any atom is -0.479 e. The van der Waals surface area contributed by atoms with Crippen LogP contribution in [0.3, 0.4) is 0 Å². The molecule has 0 aliphatic rings. The second-order valence-corrected chi connectivity index (χ2v) is 7.41. The van der Waals surface area contributed by atoms with Crippen molar-refractivity contribution in [2.75, 3.05) is 11.9 Å². The maximum absolute atomic E-state index is 13.9. The molecule has 1 unspecified atom stereocenters. The number of likely N-dealkylation sites (N-methyl/N-ethyl adjacent to an activating group) is 1. The van der Waals surface area contributed by atoms with E-state index in [0.717, 1.165) is 22.4 Å². The first-order valence-electron chi connectivity index (χ1n) is 8.99. The van der Waals surface area contributed by atoms with Crippen molar-refractivity contribution < 1.29 is 23.8 Å². The average Bonchev–Trinajstić information content (AvgIpc) is 3.06. The summed E-state index contributed by atoms with van der Waals surface area (Å²) in [6, 6.07) is 3.81. The molecule has 0 aliphatic heterocycles. The molecular formula is C19H20FN5O4S. The van der Waals surface area contributed by atoms with Gasteiger partial charge in [0.15, 0.2) is 6.10 Å². The molecule has 0 spiro atoms. The zero-order valence-electron chi connectivity index (χ0n) is 16.5. The number of aromatic carboxylic acids is 1. The minimum absolute atomic E-state index is 0.0819. The third kappa shape index (κ3) is 4.16. The summed E-state index contributed by atoms with van der Waals surface area (Å²) in [4.78, 5) is 32.6. The number of hydrogen-bond donors (Lipinski definition) is 3. The number of fused-ring (bicyclic) bond motifs is 1. The van der Waals surface area contributed by atoms with Gasteiger partial charge in [-0.15, -0.1) is 11.3 Å². The van der Waals surface area contributed by atoms with Gasteiger partial charge in [-0.1, -0.05) is 0 Å². The summed E-state index contributed by atoms with van der Waals surface area (Å²) >= 11 is 1.04. The van der Waals surface area contributed by atoms with Gasteiger partial charge in [0.05, 0.1) is 11.1 Å². The molecule has 0 bridgehead atoms. The van der Waals surface area contributed by atoms with E-state index in [2.05, 4.69) is 15.3 Å². The van der Waals surface area contributed by atoms with Gasteiger partial charge in [-0.2, -0.15) is 0 Å². The van der Waals surface area contributed by atoms with Crippen molar-refractivity contribution in [3.63, 3.8) is 0 Å². The predicted octanol–water partition coefficient (Wildman–Crippen LogP) is 3.07. The molecule has 1 amide bonds. The van der Waals surface area contributed by atoms with E-state index in [1.165, 1.54) is 25.4 Å². The molecule has 1 atom stereocenters. The number of aromatic nitrogens is 2. The van der Waals surface area contributed by atoms with Gasteiger partial charge in [0.1, 0.15) is 33.4 Å². The number of thiophene rings is 1. The number of hydrazine groups is 1. The van der Waals surface area contributed by atoms with Crippen LogP contribution in [0.15, 0.2) is 24.5 Å². The highest BCUT2D eigenvalue weighted by Gasteiger charge is 2.22. The number of nitrogens with one attached hydrogen (secondary N) is 1. The van der Waals surface area contributed by atoms with Gasteiger partial charge in [0, 0.05) is 12.6 Å². The standard InChI is InChI=1S/C19H20FN5O4S/c1-4-25(21)18(26)10(3)29-13-7-11(20)5-6-12(13)24-16-14-9(2)15(19(27)28)30-17(14)23-8-22-16/h5-8,10H,4,21H2,1-3H3,(H,27,28)(H,22,23,24). The normalized spacial score (nSPS) is 11.9. The number of benzene rings is 1. The van der Waals surface area contributed by atoms with E-state index in [9.17, 15) is 19.1 Å². The smallest absolute Gasteiger partial charge is 0.346 e. The maximum atomic E-state index is 13.9. The first-order chi connectivity index (χ1) is 14.2. The lowest BCUT2D eigenvalue weighted by Crippen LogP contribution is -2.44. The van der Waals surface area contributed by atoms with Crippen LogP contribution >= 0.6 is 11.3 Å². The van der Waals surface area contributed by atoms with Crippen molar-refractivity contribution in [2.24, 2.45) is 5.84 Å². The third-order valence-corrected chi connectivity index (χ3v) is 5.58. The number of carboxylic acid groups (broad SMARTS) is 1. The fourth-order valence-electron chi connectivity index (χ4n) is 2.83. The molecule has 3 rings (SSSR count). The number of hydrogen-bond acceptors (Lipinski definition) is 8. The summed E-state index contributed by atoms with van der Waals surface area (Å²) in [5, 5.41) is 14.0. The number of nitrogens with two attached hydrogens (primary N) is 1. The molecule has 2 aromatic heterocycles. The number of halogens is 1.